The number of aliphatic hydroxyl groups is 1. The Morgan fingerprint density at radius 2 is 1.82 bits per heavy atom. The Labute approximate surface area is 104 Å². The fraction of sp³-hybridized carbons (Fsp3) is 0.600. The summed E-state index contributed by atoms with van der Waals surface area (Å²) in [4.78, 5) is 2.35. The summed E-state index contributed by atoms with van der Waals surface area (Å²) < 4.78 is 0. The molecule has 0 amide bonds. The van der Waals surface area contributed by atoms with Crippen LogP contribution in [0, 0.1) is 5.92 Å². The third kappa shape index (κ3) is 2.63. The van der Waals surface area contributed by atoms with Gasteiger partial charge in [0, 0.05) is 18.8 Å². The van der Waals surface area contributed by atoms with Crippen LogP contribution < -0.4 is 4.90 Å². The summed E-state index contributed by atoms with van der Waals surface area (Å²) in [5.41, 5.74) is 2.68. The number of rotatable bonds is 5. The molecule has 2 heteroatoms. The summed E-state index contributed by atoms with van der Waals surface area (Å²) in [6, 6.07) is 8.86. The number of anilines is 1. The molecule has 0 bridgehead atoms. The van der Waals surface area contributed by atoms with Gasteiger partial charge >= 0.3 is 0 Å². The van der Waals surface area contributed by atoms with E-state index in [1.807, 2.05) is 6.92 Å². The van der Waals surface area contributed by atoms with E-state index < -0.39 is 0 Å². The van der Waals surface area contributed by atoms with E-state index >= 15 is 0 Å². The SMILES string of the molecule is CCN(CC)c1ccc([C@H]2C[C@H]2[C@@H](C)O)cc1. The highest BCUT2D eigenvalue weighted by Gasteiger charge is 2.41. The van der Waals surface area contributed by atoms with Crippen LogP contribution in [-0.4, -0.2) is 24.3 Å². The van der Waals surface area contributed by atoms with Crippen molar-refractivity contribution in [1.82, 2.24) is 0 Å². The largest absolute Gasteiger partial charge is 0.393 e. The molecule has 3 atom stereocenters. The molecule has 0 heterocycles. The summed E-state index contributed by atoms with van der Waals surface area (Å²) in [5.74, 6) is 1.06. The van der Waals surface area contributed by atoms with Crippen LogP contribution in [0.2, 0.25) is 0 Å². The van der Waals surface area contributed by atoms with E-state index in [9.17, 15) is 5.11 Å². The fourth-order valence-corrected chi connectivity index (χ4v) is 2.65. The van der Waals surface area contributed by atoms with E-state index in [1.165, 1.54) is 11.3 Å². The summed E-state index contributed by atoms with van der Waals surface area (Å²) in [5, 5.41) is 9.53. The molecule has 2 nitrogen and oxygen atoms in total. The monoisotopic (exact) mass is 233 g/mol. The Hall–Kier alpha value is -1.02. The Kier molecular flexibility index (Phi) is 3.72. The average molecular weight is 233 g/mol. The van der Waals surface area contributed by atoms with Gasteiger partial charge in [0.1, 0.15) is 0 Å². The minimum Gasteiger partial charge on any atom is -0.393 e. The van der Waals surface area contributed by atoms with E-state index in [0.29, 0.717) is 11.8 Å². The molecule has 1 aromatic rings. The molecule has 0 aromatic heterocycles. The van der Waals surface area contributed by atoms with Gasteiger partial charge in [0.25, 0.3) is 0 Å². The molecule has 17 heavy (non-hydrogen) atoms. The molecule has 0 saturated heterocycles. The molecule has 2 rings (SSSR count). The molecule has 1 aliphatic rings. The minimum atomic E-state index is -0.164. The third-order valence-corrected chi connectivity index (χ3v) is 3.91. The lowest BCUT2D eigenvalue weighted by Gasteiger charge is -2.21. The molecule has 0 aliphatic heterocycles. The topological polar surface area (TPSA) is 23.5 Å². The lowest BCUT2D eigenvalue weighted by molar-refractivity contribution is 0.169. The van der Waals surface area contributed by atoms with Crippen LogP contribution in [0.4, 0.5) is 5.69 Å². The summed E-state index contributed by atoms with van der Waals surface area (Å²) in [6.45, 7) is 8.36. The van der Waals surface area contributed by atoms with Crippen LogP contribution in [0.1, 0.15) is 38.7 Å². The van der Waals surface area contributed by atoms with Crippen LogP contribution in [0.5, 0.6) is 0 Å². The van der Waals surface area contributed by atoms with E-state index in [4.69, 9.17) is 0 Å². The molecule has 1 fully saturated rings. The molecule has 0 radical (unpaired) electrons. The van der Waals surface area contributed by atoms with Gasteiger partial charge in [-0.2, -0.15) is 0 Å². The predicted molar refractivity (Wildman–Crippen MR) is 72.5 cm³/mol. The first kappa shape index (κ1) is 12.4. The predicted octanol–water partition coefficient (Wildman–Crippen LogP) is 3.02. The summed E-state index contributed by atoms with van der Waals surface area (Å²) >= 11 is 0. The lowest BCUT2D eigenvalue weighted by Crippen LogP contribution is -2.21. The second-order valence-corrected chi connectivity index (χ2v) is 5.01. The highest BCUT2D eigenvalue weighted by Crippen LogP contribution is 2.49. The van der Waals surface area contributed by atoms with E-state index in [2.05, 4.69) is 43.0 Å². The van der Waals surface area contributed by atoms with Gasteiger partial charge in [-0.25, -0.2) is 0 Å². The maximum absolute atomic E-state index is 9.53. The van der Waals surface area contributed by atoms with Gasteiger partial charge in [-0.05, 0) is 56.7 Å². The van der Waals surface area contributed by atoms with Gasteiger partial charge in [-0.3, -0.25) is 0 Å². The first-order chi connectivity index (χ1) is 8.17. The van der Waals surface area contributed by atoms with Crippen molar-refractivity contribution in [2.24, 2.45) is 5.92 Å². The van der Waals surface area contributed by atoms with Gasteiger partial charge < -0.3 is 10.0 Å². The molecule has 0 spiro atoms. The summed E-state index contributed by atoms with van der Waals surface area (Å²) in [7, 11) is 0. The molecule has 0 unspecified atom stereocenters. The smallest absolute Gasteiger partial charge is 0.0546 e. The van der Waals surface area contributed by atoms with E-state index in [0.717, 1.165) is 19.5 Å². The number of hydrogen-bond acceptors (Lipinski definition) is 2. The zero-order valence-electron chi connectivity index (χ0n) is 11.1. The van der Waals surface area contributed by atoms with Crippen LogP contribution >= 0.6 is 0 Å². The second-order valence-electron chi connectivity index (χ2n) is 5.01. The Bertz CT molecular complexity index is 354. The Morgan fingerprint density at radius 1 is 1.24 bits per heavy atom. The van der Waals surface area contributed by atoms with Crippen molar-refractivity contribution in [3.05, 3.63) is 29.8 Å². The van der Waals surface area contributed by atoms with Crippen molar-refractivity contribution < 1.29 is 5.11 Å². The van der Waals surface area contributed by atoms with Crippen LogP contribution in [0.3, 0.4) is 0 Å². The van der Waals surface area contributed by atoms with Gasteiger partial charge in [0.2, 0.25) is 0 Å². The molecular formula is C15H23NO. The van der Waals surface area contributed by atoms with Gasteiger partial charge in [-0.1, -0.05) is 12.1 Å². The minimum absolute atomic E-state index is 0.164. The second kappa shape index (κ2) is 5.09. The lowest BCUT2D eigenvalue weighted by atomic mass is 10.1. The molecule has 1 aliphatic carbocycles. The first-order valence-corrected chi connectivity index (χ1v) is 6.70. The van der Waals surface area contributed by atoms with E-state index in [-0.39, 0.29) is 6.10 Å². The molecule has 1 N–H and O–H groups in total. The van der Waals surface area contributed by atoms with Crippen molar-refractivity contribution in [3.63, 3.8) is 0 Å². The van der Waals surface area contributed by atoms with Crippen LogP contribution in [0.25, 0.3) is 0 Å². The average Bonchev–Trinajstić information content (AvgIpc) is 3.12. The van der Waals surface area contributed by atoms with Crippen molar-refractivity contribution >= 4 is 5.69 Å². The third-order valence-electron chi connectivity index (χ3n) is 3.91. The molecule has 1 aromatic carbocycles. The van der Waals surface area contributed by atoms with Gasteiger partial charge in [0.05, 0.1) is 6.10 Å². The number of benzene rings is 1. The van der Waals surface area contributed by atoms with Crippen molar-refractivity contribution in [3.8, 4) is 0 Å². The Morgan fingerprint density at radius 3 is 2.24 bits per heavy atom. The maximum atomic E-state index is 9.53. The molecule has 94 valence electrons. The maximum Gasteiger partial charge on any atom is 0.0546 e. The first-order valence-electron chi connectivity index (χ1n) is 6.70. The van der Waals surface area contributed by atoms with Gasteiger partial charge in [0.15, 0.2) is 0 Å². The fourth-order valence-electron chi connectivity index (χ4n) is 2.65. The molecule has 1 saturated carbocycles. The van der Waals surface area contributed by atoms with Crippen molar-refractivity contribution in [1.29, 1.82) is 0 Å². The Balaban J connectivity index is 2.04. The number of nitrogens with zero attached hydrogens (tertiary/aromatic N) is 1. The normalized spacial score (nSPS) is 24.5. The van der Waals surface area contributed by atoms with Crippen molar-refractivity contribution in [2.75, 3.05) is 18.0 Å². The highest BCUT2D eigenvalue weighted by atomic mass is 16.3. The number of hydrogen-bond donors (Lipinski definition) is 1. The summed E-state index contributed by atoms with van der Waals surface area (Å²) in [6.07, 6.45) is 0.977. The van der Waals surface area contributed by atoms with Crippen molar-refractivity contribution in [2.45, 2.75) is 39.2 Å². The molecular weight excluding hydrogens is 210 g/mol. The zero-order chi connectivity index (χ0) is 12.4. The van der Waals surface area contributed by atoms with Crippen LogP contribution in [0.15, 0.2) is 24.3 Å². The van der Waals surface area contributed by atoms with Gasteiger partial charge in [-0.15, -0.1) is 0 Å². The highest BCUT2D eigenvalue weighted by molar-refractivity contribution is 5.48. The number of aliphatic hydroxyl groups excluding tert-OH is 1. The van der Waals surface area contributed by atoms with Crippen LogP contribution in [-0.2, 0) is 0 Å². The van der Waals surface area contributed by atoms with E-state index in [1.54, 1.807) is 0 Å². The quantitative estimate of drug-likeness (QED) is 0.845. The standard InChI is InChI=1S/C15H23NO/c1-4-16(5-2)13-8-6-12(7-9-13)15-10-14(15)11(3)17/h6-9,11,14-15,17H,4-5,10H2,1-3H3/t11-,14+,15-/m1/s1. The zero-order valence-corrected chi connectivity index (χ0v) is 11.1.